The molecule has 1 fully saturated rings. The lowest BCUT2D eigenvalue weighted by Crippen LogP contribution is -2.52. The van der Waals surface area contributed by atoms with E-state index in [1.165, 1.54) is 6.07 Å². The van der Waals surface area contributed by atoms with Gasteiger partial charge in [-0.05, 0) is 32.0 Å². The second-order valence-electron chi connectivity index (χ2n) is 5.00. The summed E-state index contributed by atoms with van der Waals surface area (Å²) >= 11 is 3.34. The molecule has 0 spiro atoms. The topological polar surface area (TPSA) is 29.1 Å². The van der Waals surface area contributed by atoms with Crippen molar-refractivity contribution in [3.63, 3.8) is 0 Å². The monoisotopic (exact) mass is 319 g/mol. The summed E-state index contributed by atoms with van der Waals surface area (Å²) in [7, 11) is -0.900. The van der Waals surface area contributed by atoms with E-state index >= 15 is 0 Å². The lowest BCUT2D eigenvalue weighted by Gasteiger charge is -2.36. The minimum absolute atomic E-state index is 0.183. The van der Waals surface area contributed by atoms with E-state index in [0.717, 1.165) is 4.47 Å². The molecule has 0 radical (unpaired) electrons. The molecule has 2 nitrogen and oxygen atoms in total. The fourth-order valence-electron chi connectivity index (χ4n) is 2.15. The molecule has 0 aliphatic carbocycles. The summed E-state index contributed by atoms with van der Waals surface area (Å²) < 4.78 is 26.4. The van der Waals surface area contributed by atoms with Gasteiger partial charge in [0.15, 0.2) is 0 Å². The van der Waals surface area contributed by atoms with Gasteiger partial charge in [-0.1, -0.05) is 15.9 Å². The van der Waals surface area contributed by atoms with E-state index in [0.29, 0.717) is 17.1 Å². The van der Waals surface area contributed by atoms with E-state index in [-0.39, 0.29) is 17.4 Å². The SMILES string of the molecule is CC1(C)CS(=O)CC(c2cc(Br)ccc2F)N1. The highest BCUT2D eigenvalue weighted by atomic mass is 79.9. The lowest BCUT2D eigenvalue weighted by molar-refractivity contribution is 0.362. The second-order valence-corrected chi connectivity index (χ2v) is 7.41. The van der Waals surface area contributed by atoms with Crippen LogP contribution in [0.25, 0.3) is 0 Å². The third-order valence-electron chi connectivity index (χ3n) is 2.77. The van der Waals surface area contributed by atoms with E-state index < -0.39 is 10.8 Å². The zero-order valence-corrected chi connectivity index (χ0v) is 12.2. The molecule has 2 rings (SSSR count). The Bertz CT molecular complexity index is 464. The Kier molecular flexibility index (Phi) is 3.71. The van der Waals surface area contributed by atoms with E-state index in [9.17, 15) is 8.60 Å². The van der Waals surface area contributed by atoms with E-state index in [4.69, 9.17) is 0 Å². The molecule has 0 saturated carbocycles. The third kappa shape index (κ3) is 3.14. The quantitative estimate of drug-likeness (QED) is 0.862. The molecule has 1 aromatic rings. The maximum Gasteiger partial charge on any atom is 0.128 e. The van der Waals surface area contributed by atoms with Gasteiger partial charge in [-0.15, -0.1) is 0 Å². The molecule has 0 bridgehead atoms. The highest BCUT2D eigenvalue weighted by molar-refractivity contribution is 9.10. The minimum atomic E-state index is -0.900. The van der Waals surface area contributed by atoms with Crippen LogP contribution >= 0.6 is 15.9 Å². The van der Waals surface area contributed by atoms with Gasteiger partial charge in [-0.2, -0.15) is 0 Å². The number of hydrogen-bond acceptors (Lipinski definition) is 2. The van der Waals surface area contributed by atoms with Crippen molar-refractivity contribution in [3.8, 4) is 0 Å². The molecule has 0 aromatic heterocycles. The van der Waals surface area contributed by atoms with Crippen LogP contribution in [0.2, 0.25) is 0 Å². The Labute approximate surface area is 112 Å². The van der Waals surface area contributed by atoms with Crippen molar-refractivity contribution in [2.45, 2.75) is 25.4 Å². The summed E-state index contributed by atoms with van der Waals surface area (Å²) in [6, 6.07) is 4.68. The molecule has 1 saturated heterocycles. The van der Waals surface area contributed by atoms with Crippen LogP contribution in [0.15, 0.2) is 22.7 Å². The Balaban J connectivity index is 2.33. The van der Waals surface area contributed by atoms with E-state index in [2.05, 4.69) is 21.2 Å². The molecular formula is C12H15BrFNOS. The zero-order chi connectivity index (χ0) is 12.6. The lowest BCUT2D eigenvalue weighted by atomic mass is 10.0. The zero-order valence-electron chi connectivity index (χ0n) is 9.80. The van der Waals surface area contributed by atoms with Crippen LogP contribution in [0.5, 0.6) is 0 Å². The number of nitrogens with one attached hydrogen (secondary N) is 1. The van der Waals surface area contributed by atoms with Crippen molar-refractivity contribution >= 4 is 26.7 Å². The summed E-state index contributed by atoms with van der Waals surface area (Å²) in [5.74, 6) is 0.830. The van der Waals surface area contributed by atoms with Crippen LogP contribution in [0.4, 0.5) is 4.39 Å². The molecule has 1 aliphatic heterocycles. The first kappa shape index (κ1) is 13.2. The molecule has 1 N–H and O–H groups in total. The molecule has 5 heteroatoms. The van der Waals surface area contributed by atoms with E-state index in [1.54, 1.807) is 12.1 Å². The van der Waals surface area contributed by atoms with Crippen LogP contribution in [-0.4, -0.2) is 21.3 Å². The van der Waals surface area contributed by atoms with Crippen molar-refractivity contribution in [1.29, 1.82) is 0 Å². The maximum absolute atomic E-state index is 13.8. The van der Waals surface area contributed by atoms with Gasteiger partial charge >= 0.3 is 0 Å². The first-order chi connectivity index (χ1) is 7.87. The molecule has 17 heavy (non-hydrogen) atoms. The molecule has 94 valence electrons. The Morgan fingerprint density at radius 1 is 1.53 bits per heavy atom. The molecule has 2 atom stereocenters. The summed E-state index contributed by atoms with van der Waals surface area (Å²) in [4.78, 5) is 0. The van der Waals surface area contributed by atoms with Gasteiger partial charge in [0.1, 0.15) is 5.82 Å². The molecule has 1 aliphatic rings. The smallest absolute Gasteiger partial charge is 0.128 e. The van der Waals surface area contributed by atoms with Crippen LogP contribution in [-0.2, 0) is 10.8 Å². The maximum atomic E-state index is 13.8. The van der Waals surface area contributed by atoms with Crippen LogP contribution in [0.1, 0.15) is 25.5 Å². The first-order valence-electron chi connectivity index (χ1n) is 5.45. The van der Waals surface area contributed by atoms with Crippen molar-refractivity contribution in [2.24, 2.45) is 0 Å². The molecular weight excluding hydrogens is 305 g/mol. The molecule has 1 aromatic carbocycles. The normalized spacial score (nSPS) is 28.0. The Morgan fingerprint density at radius 2 is 2.24 bits per heavy atom. The van der Waals surface area contributed by atoms with Crippen molar-refractivity contribution < 1.29 is 8.60 Å². The Morgan fingerprint density at radius 3 is 2.88 bits per heavy atom. The highest BCUT2D eigenvalue weighted by Gasteiger charge is 2.33. The third-order valence-corrected chi connectivity index (χ3v) is 5.01. The molecule has 0 amide bonds. The molecule has 1 heterocycles. The second kappa shape index (κ2) is 4.78. The largest absolute Gasteiger partial charge is 0.303 e. The number of halogens is 2. The minimum Gasteiger partial charge on any atom is -0.303 e. The van der Waals surface area contributed by atoms with Gasteiger partial charge in [-0.25, -0.2) is 4.39 Å². The van der Waals surface area contributed by atoms with Gasteiger partial charge < -0.3 is 5.32 Å². The first-order valence-corrected chi connectivity index (χ1v) is 7.73. The van der Waals surface area contributed by atoms with Gasteiger partial charge in [-0.3, -0.25) is 4.21 Å². The number of rotatable bonds is 1. The van der Waals surface area contributed by atoms with Crippen molar-refractivity contribution in [1.82, 2.24) is 5.32 Å². The van der Waals surface area contributed by atoms with E-state index in [1.807, 2.05) is 13.8 Å². The Hall–Kier alpha value is -0.260. The number of benzene rings is 1. The van der Waals surface area contributed by atoms with Crippen LogP contribution < -0.4 is 5.32 Å². The van der Waals surface area contributed by atoms with Crippen molar-refractivity contribution in [2.75, 3.05) is 11.5 Å². The molecule has 2 unspecified atom stereocenters. The standard InChI is InChI=1S/C12H15BrFNOS/c1-12(2)7-17(16)6-11(15-12)9-5-8(13)3-4-10(9)14/h3-5,11,15H,6-7H2,1-2H3. The fourth-order valence-corrected chi connectivity index (χ4v) is 4.17. The van der Waals surface area contributed by atoms with Gasteiger partial charge in [0, 0.05) is 43.9 Å². The summed E-state index contributed by atoms with van der Waals surface area (Å²) in [6.07, 6.45) is 0. The van der Waals surface area contributed by atoms with Gasteiger partial charge in [0.25, 0.3) is 0 Å². The van der Waals surface area contributed by atoms with Crippen molar-refractivity contribution in [3.05, 3.63) is 34.1 Å². The summed E-state index contributed by atoms with van der Waals surface area (Å²) in [6.45, 7) is 3.99. The van der Waals surface area contributed by atoms with Gasteiger partial charge in [0.05, 0.1) is 0 Å². The van der Waals surface area contributed by atoms with Gasteiger partial charge in [0.2, 0.25) is 0 Å². The summed E-state index contributed by atoms with van der Waals surface area (Å²) in [5.41, 5.74) is 0.364. The fraction of sp³-hybridized carbons (Fsp3) is 0.500. The van der Waals surface area contributed by atoms with Crippen LogP contribution in [0, 0.1) is 5.82 Å². The van der Waals surface area contributed by atoms with Crippen LogP contribution in [0.3, 0.4) is 0 Å². The predicted octanol–water partition coefficient (Wildman–Crippen LogP) is 2.76. The average Bonchev–Trinajstić information content (AvgIpc) is 2.18. The predicted molar refractivity (Wildman–Crippen MR) is 71.9 cm³/mol. The average molecular weight is 320 g/mol. The highest BCUT2D eigenvalue weighted by Crippen LogP contribution is 2.27. The summed E-state index contributed by atoms with van der Waals surface area (Å²) in [5, 5.41) is 3.35. The number of hydrogen-bond donors (Lipinski definition) is 1.